The van der Waals surface area contributed by atoms with Gasteiger partial charge in [0.1, 0.15) is 5.75 Å². The molecule has 0 saturated heterocycles. The van der Waals surface area contributed by atoms with Crippen molar-refractivity contribution in [3.8, 4) is 5.75 Å². The molecule has 1 aromatic heterocycles. The maximum atomic E-state index is 12.0. The molecule has 0 radical (unpaired) electrons. The third-order valence-electron chi connectivity index (χ3n) is 2.76. The monoisotopic (exact) mass is 264 g/mol. The molecule has 19 heavy (non-hydrogen) atoms. The van der Waals surface area contributed by atoms with Gasteiger partial charge in [0, 0.05) is 18.2 Å². The Kier molecular flexibility index (Phi) is 7.11. The van der Waals surface area contributed by atoms with Gasteiger partial charge >= 0.3 is 0 Å². The Labute approximate surface area is 115 Å². The summed E-state index contributed by atoms with van der Waals surface area (Å²) in [6.45, 7) is 4.63. The van der Waals surface area contributed by atoms with E-state index in [9.17, 15) is 4.79 Å². The third kappa shape index (κ3) is 6.34. The molecule has 0 fully saturated rings. The largest absolute Gasteiger partial charge is 0.489 e. The normalized spacial score (nSPS) is 10.7. The highest BCUT2D eigenvalue weighted by Crippen LogP contribution is 2.15. The van der Waals surface area contributed by atoms with Crippen LogP contribution in [0.3, 0.4) is 0 Å². The maximum absolute atomic E-state index is 12.0. The molecule has 0 saturated carbocycles. The number of nitrogens with zero attached hydrogens (tertiary/aromatic N) is 1. The standard InChI is InChI=1S/C15H24N2O2/c1-12(2)19-14-9-13(10-17-11-14)15(18)7-5-3-4-6-8-16/h9-12H,3-8,16H2,1-2H3. The Morgan fingerprint density at radius 2 is 2.00 bits per heavy atom. The lowest BCUT2D eigenvalue weighted by Gasteiger charge is -2.09. The second kappa shape index (κ2) is 8.64. The molecule has 4 heteroatoms. The Morgan fingerprint density at radius 3 is 2.68 bits per heavy atom. The summed E-state index contributed by atoms with van der Waals surface area (Å²) in [5.74, 6) is 0.790. The first kappa shape index (κ1) is 15.6. The number of pyridine rings is 1. The number of hydrogen-bond acceptors (Lipinski definition) is 4. The highest BCUT2D eigenvalue weighted by molar-refractivity contribution is 5.96. The summed E-state index contributed by atoms with van der Waals surface area (Å²) in [5.41, 5.74) is 6.06. The van der Waals surface area contributed by atoms with Crippen molar-refractivity contribution in [2.45, 2.75) is 52.1 Å². The van der Waals surface area contributed by atoms with Crippen molar-refractivity contribution in [2.24, 2.45) is 5.73 Å². The van der Waals surface area contributed by atoms with Gasteiger partial charge in [-0.25, -0.2) is 0 Å². The number of rotatable bonds is 9. The van der Waals surface area contributed by atoms with E-state index in [0.717, 1.165) is 32.2 Å². The van der Waals surface area contributed by atoms with Crippen molar-refractivity contribution >= 4 is 5.78 Å². The van der Waals surface area contributed by atoms with Gasteiger partial charge < -0.3 is 10.5 Å². The van der Waals surface area contributed by atoms with Crippen LogP contribution < -0.4 is 10.5 Å². The van der Waals surface area contributed by atoms with E-state index in [1.807, 2.05) is 13.8 Å². The van der Waals surface area contributed by atoms with Crippen LogP contribution in [0.5, 0.6) is 5.75 Å². The fourth-order valence-electron chi connectivity index (χ4n) is 1.84. The third-order valence-corrected chi connectivity index (χ3v) is 2.76. The van der Waals surface area contributed by atoms with Crippen molar-refractivity contribution in [1.82, 2.24) is 4.98 Å². The Morgan fingerprint density at radius 1 is 1.26 bits per heavy atom. The van der Waals surface area contributed by atoms with Gasteiger partial charge in [0.15, 0.2) is 5.78 Å². The summed E-state index contributed by atoms with van der Waals surface area (Å²) in [6.07, 6.45) is 7.99. The number of nitrogens with two attached hydrogens (primary N) is 1. The van der Waals surface area contributed by atoms with Gasteiger partial charge in [-0.1, -0.05) is 12.8 Å². The molecule has 0 aliphatic carbocycles. The number of Topliss-reactive ketones (excluding diaryl/α,β-unsaturated/α-hetero) is 1. The molecule has 0 aliphatic rings. The van der Waals surface area contributed by atoms with Gasteiger partial charge in [-0.2, -0.15) is 0 Å². The second-order valence-electron chi connectivity index (χ2n) is 4.95. The molecular weight excluding hydrogens is 240 g/mol. The molecule has 2 N–H and O–H groups in total. The van der Waals surface area contributed by atoms with Crippen molar-refractivity contribution in [3.63, 3.8) is 0 Å². The molecule has 0 spiro atoms. The van der Waals surface area contributed by atoms with Gasteiger partial charge in [0.05, 0.1) is 12.3 Å². The molecule has 1 heterocycles. The lowest BCUT2D eigenvalue weighted by molar-refractivity contribution is 0.0978. The van der Waals surface area contributed by atoms with E-state index in [0.29, 0.717) is 17.7 Å². The molecule has 0 amide bonds. The molecule has 0 aliphatic heterocycles. The van der Waals surface area contributed by atoms with Gasteiger partial charge in [0.2, 0.25) is 0 Å². The predicted octanol–water partition coefficient (Wildman–Crippen LogP) is 2.96. The molecule has 0 atom stereocenters. The summed E-state index contributed by atoms with van der Waals surface area (Å²) in [7, 11) is 0. The van der Waals surface area contributed by atoms with E-state index in [1.54, 1.807) is 18.5 Å². The maximum Gasteiger partial charge on any atom is 0.164 e. The molecule has 0 aromatic carbocycles. The minimum Gasteiger partial charge on any atom is -0.489 e. The minimum absolute atomic E-state index is 0.0865. The van der Waals surface area contributed by atoms with E-state index in [-0.39, 0.29) is 11.9 Å². The zero-order valence-corrected chi connectivity index (χ0v) is 11.9. The topological polar surface area (TPSA) is 65.2 Å². The second-order valence-corrected chi connectivity index (χ2v) is 4.95. The van der Waals surface area contributed by atoms with Crippen LogP contribution in [0.15, 0.2) is 18.5 Å². The molecule has 1 aromatic rings. The molecular formula is C15H24N2O2. The van der Waals surface area contributed by atoms with Crippen LogP contribution in [0.4, 0.5) is 0 Å². The summed E-state index contributed by atoms with van der Waals surface area (Å²) in [5, 5.41) is 0. The number of unbranched alkanes of at least 4 members (excludes halogenated alkanes) is 3. The van der Waals surface area contributed by atoms with Crippen LogP contribution in [-0.2, 0) is 0 Å². The summed E-state index contributed by atoms with van der Waals surface area (Å²) >= 11 is 0. The first-order chi connectivity index (χ1) is 9.13. The molecule has 106 valence electrons. The molecule has 0 bridgehead atoms. The van der Waals surface area contributed by atoms with Crippen LogP contribution in [-0.4, -0.2) is 23.4 Å². The number of hydrogen-bond donors (Lipinski definition) is 1. The van der Waals surface area contributed by atoms with Gasteiger partial charge in [-0.05, 0) is 39.3 Å². The van der Waals surface area contributed by atoms with Crippen molar-refractivity contribution < 1.29 is 9.53 Å². The van der Waals surface area contributed by atoms with E-state index in [2.05, 4.69) is 4.98 Å². The van der Waals surface area contributed by atoms with Crippen molar-refractivity contribution in [1.29, 1.82) is 0 Å². The quantitative estimate of drug-likeness (QED) is 0.550. The lowest BCUT2D eigenvalue weighted by atomic mass is 10.1. The highest BCUT2D eigenvalue weighted by atomic mass is 16.5. The van der Waals surface area contributed by atoms with Crippen molar-refractivity contribution in [3.05, 3.63) is 24.0 Å². The zero-order chi connectivity index (χ0) is 14.1. The van der Waals surface area contributed by atoms with Crippen LogP contribution in [0.1, 0.15) is 56.3 Å². The van der Waals surface area contributed by atoms with Crippen LogP contribution in [0, 0.1) is 0 Å². The van der Waals surface area contributed by atoms with Crippen LogP contribution >= 0.6 is 0 Å². The van der Waals surface area contributed by atoms with Crippen molar-refractivity contribution in [2.75, 3.05) is 6.54 Å². The molecule has 1 rings (SSSR count). The summed E-state index contributed by atoms with van der Waals surface area (Å²) < 4.78 is 5.53. The fraction of sp³-hybridized carbons (Fsp3) is 0.600. The number of ether oxygens (including phenoxy) is 1. The first-order valence-corrected chi connectivity index (χ1v) is 6.98. The number of ketones is 1. The Balaban J connectivity index is 2.43. The number of carbonyl (C=O) groups excluding carboxylic acids is 1. The van der Waals surface area contributed by atoms with E-state index in [4.69, 9.17) is 10.5 Å². The Bertz CT molecular complexity index is 391. The van der Waals surface area contributed by atoms with Gasteiger partial charge in [0.25, 0.3) is 0 Å². The lowest BCUT2D eigenvalue weighted by Crippen LogP contribution is -2.07. The summed E-state index contributed by atoms with van der Waals surface area (Å²) in [4.78, 5) is 16.0. The van der Waals surface area contributed by atoms with Crippen LogP contribution in [0.2, 0.25) is 0 Å². The van der Waals surface area contributed by atoms with Crippen LogP contribution in [0.25, 0.3) is 0 Å². The van der Waals surface area contributed by atoms with E-state index < -0.39 is 0 Å². The highest BCUT2D eigenvalue weighted by Gasteiger charge is 2.08. The van der Waals surface area contributed by atoms with E-state index in [1.165, 1.54) is 0 Å². The smallest absolute Gasteiger partial charge is 0.164 e. The number of aromatic nitrogens is 1. The molecule has 0 unspecified atom stereocenters. The minimum atomic E-state index is 0.0865. The first-order valence-electron chi connectivity index (χ1n) is 6.98. The fourth-order valence-corrected chi connectivity index (χ4v) is 1.84. The average Bonchev–Trinajstić information content (AvgIpc) is 2.38. The zero-order valence-electron chi connectivity index (χ0n) is 11.9. The Hall–Kier alpha value is -1.42. The summed E-state index contributed by atoms with van der Waals surface area (Å²) in [6, 6.07) is 1.77. The average molecular weight is 264 g/mol. The SMILES string of the molecule is CC(C)Oc1cncc(C(=O)CCCCCCN)c1. The van der Waals surface area contributed by atoms with E-state index >= 15 is 0 Å². The predicted molar refractivity (Wildman–Crippen MR) is 76.5 cm³/mol. The van der Waals surface area contributed by atoms with Gasteiger partial charge in [-0.3, -0.25) is 9.78 Å². The number of carbonyl (C=O) groups is 1. The van der Waals surface area contributed by atoms with Gasteiger partial charge in [-0.15, -0.1) is 0 Å². The molecule has 4 nitrogen and oxygen atoms in total.